The van der Waals surface area contributed by atoms with Crippen molar-refractivity contribution in [1.82, 2.24) is 15.0 Å². The molecule has 0 aliphatic heterocycles. The summed E-state index contributed by atoms with van der Waals surface area (Å²) in [4.78, 5) is 22.0. The maximum atomic E-state index is 11.6. The Bertz CT molecular complexity index is 1150. The van der Waals surface area contributed by atoms with Crippen molar-refractivity contribution >= 4 is 22.8 Å². The minimum absolute atomic E-state index is 0.0390. The lowest BCUT2D eigenvalue weighted by Crippen LogP contribution is -2.08. The SMILES string of the molecule is Cc1cccc(C(CC(=O)O)c2c[nH]c3cc(OCCCNc4ncc[nH]4)ccc23)c1. The predicted octanol–water partition coefficient (Wildman–Crippen LogP) is 4.69. The predicted molar refractivity (Wildman–Crippen MR) is 121 cm³/mol. The Kier molecular flexibility index (Phi) is 6.21. The van der Waals surface area contributed by atoms with Crippen LogP contribution in [0, 0.1) is 6.92 Å². The summed E-state index contributed by atoms with van der Waals surface area (Å²) in [5, 5.41) is 13.7. The zero-order valence-corrected chi connectivity index (χ0v) is 17.4. The molecule has 4 rings (SSSR count). The number of carbonyl (C=O) groups is 1. The van der Waals surface area contributed by atoms with Crippen LogP contribution in [0.3, 0.4) is 0 Å². The molecule has 0 radical (unpaired) electrons. The van der Waals surface area contributed by atoms with Crippen molar-refractivity contribution < 1.29 is 14.6 Å². The highest BCUT2D eigenvalue weighted by Gasteiger charge is 2.21. The van der Waals surface area contributed by atoms with Gasteiger partial charge in [0.15, 0.2) is 5.95 Å². The fourth-order valence-corrected chi connectivity index (χ4v) is 3.81. The van der Waals surface area contributed by atoms with Crippen LogP contribution >= 0.6 is 0 Å². The van der Waals surface area contributed by atoms with Gasteiger partial charge >= 0.3 is 5.97 Å². The summed E-state index contributed by atoms with van der Waals surface area (Å²) >= 11 is 0. The molecular weight excluding hydrogens is 392 g/mol. The monoisotopic (exact) mass is 418 g/mol. The van der Waals surface area contributed by atoms with Gasteiger partial charge in [0.1, 0.15) is 5.75 Å². The first kappa shape index (κ1) is 20.5. The molecule has 0 amide bonds. The second-order valence-electron chi connectivity index (χ2n) is 7.58. The molecule has 0 aliphatic rings. The van der Waals surface area contributed by atoms with Crippen LogP contribution in [0.25, 0.3) is 10.9 Å². The third-order valence-corrected chi connectivity index (χ3v) is 5.26. The second kappa shape index (κ2) is 9.38. The van der Waals surface area contributed by atoms with Gasteiger partial charge in [-0.3, -0.25) is 4.79 Å². The van der Waals surface area contributed by atoms with Gasteiger partial charge in [-0.15, -0.1) is 0 Å². The molecule has 7 heteroatoms. The highest BCUT2D eigenvalue weighted by atomic mass is 16.5. The molecule has 31 heavy (non-hydrogen) atoms. The summed E-state index contributed by atoms with van der Waals surface area (Å²) in [6, 6.07) is 13.9. The first-order valence-corrected chi connectivity index (χ1v) is 10.4. The number of aliphatic carboxylic acids is 1. The van der Waals surface area contributed by atoms with E-state index in [1.54, 1.807) is 12.4 Å². The van der Waals surface area contributed by atoms with Gasteiger partial charge in [0.2, 0.25) is 0 Å². The zero-order chi connectivity index (χ0) is 21.6. The van der Waals surface area contributed by atoms with E-state index in [0.29, 0.717) is 6.61 Å². The fraction of sp³-hybridized carbons (Fsp3) is 0.250. The van der Waals surface area contributed by atoms with Crippen LogP contribution in [-0.4, -0.2) is 39.2 Å². The number of H-pyrrole nitrogens is 2. The number of rotatable bonds is 10. The van der Waals surface area contributed by atoms with Crippen molar-refractivity contribution in [2.45, 2.75) is 25.7 Å². The second-order valence-corrected chi connectivity index (χ2v) is 7.58. The number of nitrogens with zero attached hydrogens (tertiary/aromatic N) is 1. The molecular formula is C24H26N4O3. The number of imidazole rings is 1. The van der Waals surface area contributed by atoms with Crippen molar-refractivity contribution in [3.05, 3.63) is 77.7 Å². The van der Waals surface area contributed by atoms with Gasteiger partial charge in [0.25, 0.3) is 0 Å². The van der Waals surface area contributed by atoms with Gasteiger partial charge < -0.3 is 25.1 Å². The summed E-state index contributed by atoms with van der Waals surface area (Å²) in [7, 11) is 0. The molecule has 0 bridgehead atoms. The van der Waals surface area contributed by atoms with Gasteiger partial charge in [-0.1, -0.05) is 29.8 Å². The molecule has 4 N–H and O–H groups in total. The Labute approximate surface area is 180 Å². The number of hydrogen-bond donors (Lipinski definition) is 4. The Morgan fingerprint density at radius 2 is 2.13 bits per heavy atom. The van der Waals surface area contributed by atoms with Crippen molar-refractivity contribution in [3.63, 3.8) is 0 Å². The lowest BCUT2D eigenvalue weighted by atomic mass is 9.87. The first-order valence-electron chi connectivity index (χ1n) is 10.4. The Morgan fingerprint density at radius 3 is 2.90 bits per heavy atom. The summed E-state index contributed by atoms with van der Waals surface area (Å²) < 4.78 is 5.88. The van der Waals surface area contributed by atoms with Crippen molar-refractivity contribution in [2.75, 3.05) is 18.5 Å². The normalized spacial score (nSPS) is 12.0. The third-order valence-electron chi connectivity index (χ3n) is 5.26. The van der Waals surface area contributed by atoms with Gasteiger partial charge in [-0.2, -0.15) is 0 Å². The van der Waals surface area contributed by atoms with Crippen molar-refractivity contribution in [3.8, 4) is 5.75 Å². The largest absolute Gasteiger partial charge is 0.493 e. The van der Waals surface area contributed by atoms with Crippen LogP contribution in [-0.2, 0) is 4.79 Å². The van der Waals surface area contributed by atoms with Gasteiger partial charge in [-0.05, 0) is 36.6 Å². The number of aromatic nitrogens is 3. The summed E-state index contributed by atoms with van der Waals surface area (Å²) in [5.74, 6) is 0.503. The van der Waals surface area contributed by atoms with Gasteiger partial charge in [0, 0.05) is 48.0 Å². The lowest BCUT2D eigenvalue weighted by Gasteiger charge is -2.16. The van der Waals surface area contributed by atoms with Crippen molar-refractivity contribution in [1.29, 1.82) is 0 Å². The third kappa shape index (κ3) is 5.06. The highest BCUT2D eigenvalue weighted by Crippen LogP contribution is 2.35. The van der Waals surface area contributed by atoms with Crippen LogP contribution in [0.15, 0.2) is 61.1 Å². The molecule has 0 saturated heterocycles. The quantitative estimate of drug-likeness (QED) is 0.280. The van der Waals surface area contributed by atoms with Gasteiger partial charge in [-0.25, -0.2) is 4.98 Å². The average molecular weight is 418 g/mol. The minimum atomic E-state index is -0.816. The Balaban J connectivity index is 1.46. The number of aryl methyl sites for hydroxylation is 1. The minimum Gasteiger partial charge on any atom is -0.493 e. The number of nitrogens with one attached hydrogen (secondary N) is 3. The number of fused-ring (bicyclic) bond motifs is 1. The lowest BCUT2D eigenvalue weighted by molar-refractivity contribution is -0.137. The molecule has 2 heterocycles. The summed E-state index contributed by atoms with van der Waals surface area (Å²) in [6.45, 7) is 3.36. The number of carboxylic acids is 1. The Hall–Kier alpha value is -3.74. The zero-order valence-electron chi connectivity index (χ0n) is 17.4. The molecule has 0 aliphatic carbocycles. The summed E-state index contributed by atoms with van der Waals surface area (Å²) in [5.41, 5.74) is 4.04. The van der Waals surface area contributed by atoms with Gasteiger partial charge in [0.05, 0.1) is 13.0 Å². The maximum Gasteiger partial charge on any atom is 0.304 e. The molecule has 2 aromatic carbocycles. The Morgan fingerprint density at radius 1 is 1.23 bits per heavy atom. The van der Waals surface area contributed by atoms with Crippen LogP contribution in [0.4, 0.5) is 5.95 Å². The topological polar surface area (TPSA) is 103 Å². The number of aromatic amines is 2. The van der Waals surface area contributed by atoms with E-state index in [0.717, 1.165) is 52.3 Å². The highest BCUT2D eigenvalue weighted by molar-refractivity contribution is 5.86. The number of benzene rings is 2. The molecule has 160 valence electrons. The van der Waals surface area contributed by atoms with Crippen molar-refractivity contribution in [2.24, 2.45) is 0 Å². The average Bonchev–Trinajstić information content (AvgIpc) is 3.41. The van der Waals surface area contributed by atoms with E-state index in [4.69, 9.17) is 4.74 Å². The van der Waals surface area contributed by atoms with E-state index in [2.05, 4.69) is 26.3 Å². The fourth-order valence-electron chi connectivity index (χ4n) is 3.81. The molecule has 0 spiro atoms. The standard InChI is InChI=1S/C24H26N4O3/c1-16-4-2-5-17(12-16)20(14-23(29)30)21-15-28-22-13-18(6-7-19(21)22)31-11-3-8-25-24-26-9-10-27-24/h2,4-7,9-10,12-13,15,20,28H,3,8,11,14H2,1H3,(H,29,30)(H2,25,26,27). The molecule has 2 aromatic heterocycles. The van der Waals surface area contributed by atoms with Crippen LogP contribution in [0.5, 0.6) is 5.75 Å². The molecule has 7 nitrogen and oxygen atoms in total. The van der Waals surface area contributed by atoms with Crippen LogP contribution in [0.2, 0.25) is 0 Å². The van der Waals surface area contributed by atoms with E-state index < -0.39 is 5.97 Å². The van der Waals surface area contributed by atoms with E-state index in [1.807, 2.05) is 49.5 Å². The number of carboxylic acid groups (broad SMARTS) is 1. The molecule has 4 aromatic rings. The number of ether oxygens (including phenoxy) is 1. The number of hydrogen-bond acceptors (Lipinski definition) is 4. The molecule has 1 atom stereocenters. The maximum absolute atomic E-state index is 11.6. The number of anilines is 1. The smallest absolute Gasteiger partial charge is 0.304 e. The van der Waals surface area contributed by atoms with E-state index in [9.17, 15) is 9.90 Å². The van der Waals surface area contributed by atoms with E-state index in [1.165, 1.54) is 0 Å². The molecule has 0 saturated carbocycles. The first-order chi connectivity index (χ1) is 15.1. The van der Waals surface area contributed by atoms with E-state index in [-0.39, 0.29) is 12.3 Å². The van der Waals surface area contributed by atoms with E-state index >= 15 is 0 Å². The molecule has 1 unspecified atom stereocenters. The van der Waals surface area contributed by atoms with Crippen LogP contribution < -0.4 is 10.1 Å². The van der Waals surface area contributed by atoms with Crippen LogP contribution in [0.1, 0.15) is 35.4 Å². The summed E-state index contributed by atoms with van der Waals surface area (Å²) in [6.07, 6.45) is 6.27. The molecule has 0 fully saturated rings.